The lowest BCUT2D eigenvalue weighted by atomic mass is 9.97. The van der Waals surface area contributed by atoms with Crippen molar-refractivity contribution < 1.29 is 9.53 Å². The van der Waals surface area contributed by atoms with E-state index in [0.717, 1.165) is 37.2 Å². The van der Waals surface area contributed by atoms with Gasteiger partial charge in [-0.3, -0.25) is 4.79 Å². The number of nitrogens with one attached hydrogen (secondary N) is 1. The van der Waals surface area contributed by atoms with Crippen LogP contribution in [0.15, 0.2) is 24.3 Å². The van der Waals surface area contributed by atoms with E-state index in [1.165, 1.54) is 6.42 Å². The number of hydrogen-bond donors (Lipinski definition) is 1. The Morgan fingerprint density at radius 1 is 1.42 bits per heavy atom. The third-order valence-corrected chi connectivity index (χ3v) is 3.59. The van der Waals surface area contributed by atoms with Crippen LogP contribution in [0.25, 0.3) is 0 Å². The van der Waals surface area contributed by atoms with Crippen molar-refractivity contribution in [2.45, 2.75) is 32.6 Å². The van der Waals surface area contributed by atoms with Crippen molar-refractivity contribution in [2.24, 2.45) is 5.92 Å². The molecule has 0 aromatic heterocycles. The van der Waals surface area contributed by atoms with Gasteiger partial charge in [0, 0.05) is 6.42 Å². The van der Waals surface area contributed by atoms with E-state index in [0.29, 0.717) is 18.9 Å². The van der Waals surface area contributed by atoms with Gasteiger partial charge in [0.05, 0.1) is 12.2 Å². The highest BCUT2D eigenvalue weighted by atomic mass is 16.5. The molecule has 0 amide bonds. The van der Waals surface area contributed by atoms with E-state index < -0.39 is 0 Å². The molecule has 0 saturated carbocycles. The molecular weight excluding hydrogens is 238 g/mol. The maximum Gasteiger partial charge on any atom is 0.166 e. The van der Waals surface area contributed by atoms with E-state index in [2.05, 4.69) is 12.2 Å². The van der Waals surface area contributed by atoms with E-state index in [9.17, 15) is 4.79 Å². The summed E-state index contributed by atoms with van der Waals surface area (Å²) in [5.74, 6) is 1.60. The summed E-state index contributed by atoms with van der Waals surface area (Å²) in [6, 6.07) is 7.59. The van der Waals surface area contributed by atoms with Gasteiger partial charge in [-0.2, -0.15) is 0 Å². The molecule has 1 aromatic rings. The minimum atomic E-state index is 0.207. The summed E-state index contributed by atoms with van der Waals surface area (Å²) < 4.78 is 5.65. The third-order valence-electron chi connectivity index (χ3n) is 3.59. The lowest BCUT2D eigenvalue weighted by Crippen LogP contribution is -2.11. The van der Waals surface area contributed by atoms with Crippen LogP contribution in [0.3, 0.4) is 0 Å². The molecule has 1 N–H and O–H groups in total. The fourth-order valence-electron chi connectivity index (χ4n) is 2.47. The Hall–Kier alpha value is -1.35. The summed E-state index contributed by atoms with van der Waals surface area (Å²) in [6.45, 7) is 4.88. The average molecular weight is 261 g/mol. The van der Waals surface area contributed by atoms with Crippen LogP contribution in [0.1, 0.15) is 43.0 Å². The quantitative estimate of drug-likeness (QED) is 0.767. The third kappa shape index (κ3) is 4.06. The van der Waals surface area contributed by atoms with Gasteiger partial charge in [-0.05, 0) is 50.4 Å². The van der Waals surface area contributed by atoms with Crippen molar-refractivity contribution in [2.75, 3.05) is 19.7 Å². The first-order valence-electron chi connectivity index (χ1n) is 7.27. The first-order chi connectivity index (χ1) is 9.31. The van der Waals surface area contributed by atoms with Gasteiger partial charge in [0.2, 0.25) is 0 Å². The predicted octanol–water partition coefficient (Wildman–Crippen LogP) is 3.05. The standard InChI is InChI=1S/C16H23NO2/c1-2-11-19-16-6-4-3-5-14(16)15(18)8-7-13-9-10-17-12-13/h3-6,13,17H,2,7-12H2,1H3. The van der Waals surface area contributed by atoms with Gasteiger partial charge in [0.25, 0.3) is 0 Å². The van der Waals surface area contributed by atoms with Crippen LogP contribution in [0.2, 0.25) is 0 Å². The zero-order chi connectivity index (χ0) is 13.5. The maximum absolute atomic E-state index is 12.3. The summed E-state index contributed by atoms with van der Waals surface area (Å²) in [6.07, 6.45) is 3.75. The largest absolute Gasteiger partial charge is 0.493 e. The summed E-state index contributed by atoms with van der Waals surface area (Å²) >= 11 is 0. The molecule has 1 aliphatic rings. The number of para-hydroxylation sites is 1. The Morgan fingerprint density at radius 3 is 3.00 bits per heavy atom. The van der Waals surface area contributed by atoms with Crippen LogP contribution in [0.4, 0.5) is 0 Å². The number of Topliss-reactive ketones (excluding diaryl/α,β-unsaturated/α-hetero) is 1. The van der Waals surface area contributed by atoms with E-state index in [-0.39, 0.29) is 5.78 Å². The van der Waals surface area contributed by atoms with Gasteiger partial charge < -0.3 is 10.1 Å². The van der Waals surface area contributed by atoms with Crippen LogP contribution >= 0.6 is 0 Å². The number of ether oxygens (including phenoxy) is 1. The Balaban J connectivity index is 1.93. The molecule has 1 heterocycles. The van der Waals surface area contributed by atoms with E-state index in [1.807, 2.05) is 24.3 Å². The fourth-order valence-corrected chi connectivity index (χ4v) is 2.47. The van der Waals surface area contributed by atoms with Crippen molar-refractivity contribution in [3.05, 3.63) is 29.8 Å². The number of rotatable bonds is 7. The van der Waals surface area contributed by atoms with Gasteiger partial charge in [-0.25, -0.2) is 0 Å². The highest BCUT2D eigenvalue weighted by Crippen LogP contribution is 2.22. The number of benzene rings is 1. The van der Waals surface area contributed by atoms with Crippen LogP contribution in [0, 0.1) is 5.92 Å². The molecule has 1 aromatic carbocycles. The lowest BCUT2D eigenvalue weighted by molar-refractivity contribution is 0.0970. The van der Waals surface area contributed by atoms with Gasteiger partial charge in [0.15, 0.2) is 5.78 Å². The molecule has 1 unspecified atom stereocenters. The molecule has 0 radical (unpaired) electrons. The fraction of sp³-hybridized carbons (Fsp3) is 0.562. The van der Waals surface area contributed by atoms with E-state index >= 15 is 0 Å². The first kappa shape index (κ1) is 14.1. The van der Waals surface area contributed by atoms with E-state index in [1.54, 1.807) is 0 Å². The molecule has 2 rings (SSSR count). The smallest absolute Gasteiger partial charge is 0.166 e. The van der Waals surface area contributed by atoms with Crippen molar-refractivity contribution in [1.29, 1.82) is 0 Å². The highest BCUT2D eigenvalue weighted by Gasteiger charge is 2.18. The molecule has 0 bridgehead atoms. The molecule has 0 aliphatic carbocycles. The second-order valence-electron chi connectivity index (χ2n) is 5.17. The second kappa shape index (κ2) is 7.29. The molecule has 1 saturated heterocycles. The van der Waals surface area contributed by atoms with Crippen molar-refractivity contribution in [1.82, 2.24) is 5.32 Å². The molecular formula is C16H23NO2. The molecule has 1 atom stereocenters. The monoisotopic (exact) mass is 261 g/mol. The molecule has 1 aliphatic heterocycles. The first-order valence-corrected chi connectivity index (χ1v) is 7.27. The van der Waals surface area contributed by atoms with Crippen LogP contribution < -0.4 is 10.1 Å². The number of hydrogen-bond acceptors (Lipinski definition) is 3. The summed E-state index contributed by atoms with van der Waals surface area (Å²) in [5, 5.41) is 3.34. The Bertz CT molecular complexity index is 411. The number of carbonyl (C=O) groups excluding carboxylic acids is 1. The Kier molecular flexibility index (Phi) is 5.40. The van der Waals surface area contributed by atoms with Crippen molar-refractivity contribution >= 4 is 5.78 Å². The molecule has 0 spiro atoms. The van der Waals surface area contributed by atoms with Crippen molar-refractivity contribution in [3.63, 3.8) is 0 Å². The molecule has 19 heavy (non-hydrogen) atoms. The van der Waals surface area contributed by atoms with E-state index in [4.69, 9.17) is 4.74 Å². The predicted molar refractivity (Wildman–Crippen MR) is 76.8 cm³/mol. The lowest BCUT2D eigenvalue weighted by Gasteiger charge is -2.11. The number of carbonyl (C=O) groups is 1. The van der Waals surface area contributed by atoms with Crippen LogP contribution in [-0.2, 0) is 0 Å². The van der Waals surface area contributed by atoms with Gasteiger partial charge >= 0.3 is 0 Å². The summed E-state index contributed by atoms with van der Waals surface area (Å²) in [5.41, 5.74) is 0.738. The minimum Gasteiger partial charge on any atom is -0.493 e. The SMILES string of the molecule is CCCOc1ccccc1C(=O)CCC1CCNC1. The van der Waals surface area contributed by atoms with Crippen LogP contribution in [0.5, 0.6) is 5.75 Å². The Labute approximate surface area is 115 Å². The summed E-state index contributed by atoms with van der Waals surface area (Å²) in [4.78, 5) is 12.3. The molecule has 1 fully saturated rings. The van der Waals surface area contributed by atoms with Crippen molar-refractivity contribution in [3.8, 4) is 5.75 Å². The van der Waals surface area contributed by atoms with Gasteiger partial charge in [-0.15, -0.1) is 0 Å². The Morgan fingerprint density at radius 2 is 2.26 bits per heavy atom. The molecule has 104 valence electrons. The maximum atomic E-state index is 12.3. The van der Waals surface area contributed by atoms with Crippen LogP contribution in [-0.4, -0.2) is 25.5 Å². The van der Waals surface area contributed by atoms with Gasteiger partial charge in [-0.1, -0.05) is 19.1 Å². The van der Waals surface area contributed by atoms with Gasteiger partial charge in [0.1, 0.15) is 5.75 Å². The zero-order valence-corrected chi connectivity index (χ0v) is 11.7. The minimum absolute atomic E-state index is 0.207. The molecule has 3 nitrogen and oxygen atoms in total. The summed E-state index contributed by atoms with van der Waals surface area (Å²) in [7, 11) is 0. The zero-order valence-electron chi connectivity index (χ0n) is 11.7. The highest BCUT2D eigenvalue weighted by molar-refractivity contribution is 5.98. The molecule has 3 heteroatoms. The average Bonchev–Trinajstić information content (AvgIpc) is 2.96. The number of ketones is 1. The normalized spacial score (nSPS) is 18.5. The topological polar surface area (TPSA) is 38.3 Å². The second-order valence-corrected chi connectivity index (χ2v) is 5.17.